The van der Waals surface area contributed by atoms with Gasteiger partial charge in [-0.25, -0.2) is 0 Å². The van der Waals surface area contributed by atoms with E-state index in [0.717, 1.165) is 0 Å². The van der Waals surface area contributed by atoms with Crippen LogP contribution in [0.15, 0.2) is 12.3 Å². The fourth-order valence-corrected chi connectivity index (χ4v) is 0.874. The Kier molecular flexibility index (Phi) is 1.43. The minimum atomic E-state index is 0.692. The number of rotatable bonds is 1. The van der Waals surface area contributed by atoms with Crippen LogP contribution in [0.3, 0.4) is 0 Å². The van der Waals surface area contributed by atoms with Crippen molar-refractivity contribution in [3.63, 3.8) is 0 Å². The first kappa shape index (κ1) is 5.50. The number of anilines is 1. The first-order valence-corrected chi connectivity index (χ1v) is 3.36. The van der Waals surface area contributed by atoms with Crippen LogP contribution in [0.4, 0.5) is 5.82 Å². The molecule has 1 heterocycles. The molecule has 0 bridgehead atoms. The molecule has 0 saturated heterocycles. The Bertz CT molecular complexity index is 172. The maximum atomic E-state index is 5.43. The van der Waals surface area contributed by atoms with Crippen LogP contribution >= 0.6 is 11.9 Å². The molecule has 0 atom stereocenters. The third-order valence-corrected chi connectivity index (χ3v) is 1.46. The summed E-state index contributed by atoms with van der Waals surface area (Å²) in [4.78, 5) is 0. The summed E-state index contributed by atoms with van der Waals surface area (Å²) < 4.78 is 1.65. The molecule has 0 radical (unpaired) electrons. The zero-order valence-electron chi connectivity index (χ0n) is 4.53. The number of hydrogen-bond donors (Lipinski definition) is 1. The van der Waals surface area contributed by atoms with E-state index in [1.165, 1.54) is 11.9 Å². The Labute approximate surface area is 52.0 Å². The molecule has 0 aromatic carbocycles. The van der Waals surface area contributed by atoms with Gasteiger partial charge in [0.25, 0.3) is 0 Å². The van der Waals surface area contributed by atoms with E-state index in [-0.39, 0.29) is 0 Å². The average molecular weight is 129 g/mol. The van der Waals surface area contributed by atoms with E-state index < -0.39 is 0 Å². The molecule has 2 N–H and O–H groups in total. The SMILES string of the molecule is CSn1nccc1N. The molecule has 0 aliphatic carbocycles. The van der Waals surface area contributed by atoms with Gasteiger partial charge in [0.05, 0.1) is 6.20 Å². The van der Waals surface area contributed by atoms with Gasteiger partial charge in [-0.2, -0.15) is 9.19 Å². The summed E-state index contributed by atoms with van der Waals surface area (Å²) in [5.41, 5.74) is 5.43. The summed E-state index contributed by atoms with van der Waals surface area (Å²) in [6, 6.07) is 1.76. The van der Waals surface area contributed by atoms with E-state index in [1.807, 2.05) is 6.26 Å². The molecular formula is C4H7N3S. The van der Waals surface area contributed by atoms with Gasteiger partial charge < -0.3 is 5.73 Å². The van der Waals surface area contributed by atoms with Gasteiger partial charge >= 0.3 is 0 Å². The van der Waals surface area contributed by atoms with Crippen LogP contribution in [0, 0.1) is 0 Å². The van der Waals surface area contributed by atoms with Gasteiger partial charge in [0.2, 0.25) is 0 Å². The largest absolute Gasteiger partial charge is 0.383 e. The quantitative estimate of drug-likeness (QED) is 0.603. The lowest BCUT2D eigenvalue weighted by molar-refractivity contribution is 1.02. The number of aromatic nitrogens is 2. The van der Waals surface area contributed by atoms with Crippen molar-refractivity contribution in [2.75, 3.05) is 12.0 Å². The summed E-state index contributed by atoms with van der Waals surface area (Å²) in [6.45, 7) is 0. The molecule has 4 heteroatoms. The van der Waals surface area contributed by atoms with Gasteiger partial charge in [0, 0.05) is 12.3 Å². The van der Waals surface area contributed by atoms with Crippen LogP contribution in [-0.2, 0) is 0 Å². The van der Waals surface area contributed by atoms with E-state index in [1.54, 1.807) is 16.4 Å². The van der Waals surface area contributed by atoms with Crippen LogP contribution in [0.25, 0.3) is 0 Å². The fourth-order valence-electron chi connectivity index (χ4n) is 0.453. The van der Waals surface area contributed by atoms with E-state index in [2.05, 4.69) is 5.10 Å². The Morgan fingerprint density at radius 1 is 1.88 bits per heavy atom. The highest BCUT2D eigenvalue weighted by Gasteiger charge is 1.90. The molecule has 0 aliphatic rings. The van der Waals surface area contributed by atoms with Gasteiger partial charge in [-0.3, -0.25) is 0 Å². The van der Waals surface area contributed by atoms with Crippen molar-refractivity contribution in [2.24, 2.45) is 0 Å². The molecule has 1 aromatic rings. The monoisotopic (exact) mass is 129 g/mol. The average Bonchev–Trinajstić information content (AvgIpc) is 2.14. The Morgan fingerprint density at radius 2 is 2.62 bits per heavy atom. The smallest absolute Gasteiger partial charge is 0.133 e. The highest BCUT2D eigenvalue weighted by atomic mass is 32.2. The summed E-state index contributed by atoms with van der Waals surface area (Å²) in [5.74, 6) is 0.692. The molecule has 0 aliphatic heterocycles. The standard InChI is InChI=1S/C4H7N3S/c1-8-7-4(5)2-3-6-7/h2-3H,5H2,1H3. The van der Waals surface area contributed by atoms with Crippen LogP contribution in [0.1, 0.15) is 0 Å². The zero-order valence-corrected chi connectivity index (χ0v) is 5.35. The molecule has 0 amide bonds. The summed E-state index contributed by atoms with van der Waals surface area (Å²) in [5, 5.41) is 3.89. The first-order valence-electron chi connectivity index (χ1n) is 2.18. The molecule has 0 spiro atoms. The van der Waals surface area contributed by atoms with Crippen LogP contribution in [0.2, 0.25) is 0 Å². The van der Waals surface area contributed by atoms with Crippen molar-refractivity contribution in [1.82, 2.24) is 9.19 Å². The maximum absolute atomic E-state index is 5.43. The Balaban J connectivity index is 2.92. The molecule has 0 unspecified atom stereocenters. The summed E-state index contributed by atoms with van der Waals surface area (Å²) >= 11 is 1.48. The zero-order chi connectivity index (χ0) is 5.98. The predicted molar refractivity (Wildman–Crippen MR) is 35.6 cm³/mol. The Hall–Kier alpha value is -0.640. The van der Waals surface area contributed by atoms with Gasteiger partial charge in [-0.15, -0.1) is 0 Å². The third kappa shape index (κ3) is 0.790. The van der Waals surface area contributed by atoms with Gasteiger partial charge in [-0.05, 0) is 11.9 Å². The minimum absolute atomic E-state index is 0.692. The molecule has 0 saturated carbocycles. The lowest BCUT2D eigenvalue weighted by Gasteiger charge is -1.93. The lowest BCUT2D eigenvalue weighted by atomic mass is 10.7. The highest BCUT2D eigenvalue weighted by Crippen LogP contribution is 2.05. The second-order valence-electron chi connectivity index (χ2n) is 1.31. The molecule has 8 heavy (non-hydrogen) atoms. The molecule has 1 rings (SSSR count). The molecule has 44 valence electrons. The topological polar surface area (TPSA) is 43.8 Å². The number of nitrogens with zero attached hydrogens (tertiary/aromatic N) is 2. The van der Waals surface area contributed by atoms with E-state index in [4.69, 9.17) is 5.73 Å². The first-order chi connectivity index (χ1) is 3.84. The number of nitrogens with two attached hydrogens (primary N) is 1. The van der Waals surface area contributed by atoms with Gasteiger partial charge in [-0.1, -0.05) is 0 Å². The normalized spacial score (nSPS) is 9.62. The third-order valence-electron chi connectivity index (χ3n) is 0.811. The second-order valence-corrected chi connectivity index (χ2v) is 2.02. The second kappa shape index (κ2) is 2.09. The van der Waals surface area contributed by atoms with Crippen LogP contribution < -0.4 is 5.73 Å². The van der Waals surface area contributed by atoms with Crippen molar-refractivity contribution in [2.45, 2.75) is 0 Å². The highest BCUT2D eigenvalue weighted by molar-refractivity contribution is 7.97. The molecule has 1 aromatic heterocycles. The van der Waals surface area contributed by atoms with E-state index >= 15 is 0 Å². The summed E-state index contributed by atoms with van der Waals surface area (Å²) in [7, 11) is 0. The van der Waals surface area contributed by atoms with Crippen LogP contribution in [-0.4, -0.2) is 15.4 Å². The lowest BCUT2D eigenvalue weighted by Crippen LogP contribution is -1.93. The van der Waals surface area contributed by atoms with Crippen molar-refractivity contribution in [3.8, 4) is 0 Å². The van der Waals surface area contributed by atoms with E-state index in [0.29, 0.717) is 5.82 Å². The van der Waals surface area contributed by atoms with Crippen LogP contribution in [0.5, 0.6) is 0 Å². The number of hydrogen-bond acceptors (Lipinski definition) is 3. The van der Waals surface area contributed by atoms with Crippen molar-refractivity contribution >= 4 is 17.8 Å². The van der Waals surface area contributed by atoms with Crippen molar-refractivity contribution in [3.05, 3.63) is 12.3 Å². The van der Waals surface area contributed by atoms with Crippen molar-refractivity contribution < 1.29 is 0 Å². The predicted octanol–water partition coefficient (Wildman–Crippen LogP) is 0.591. The maximum Gasteiger partial charge on any atom is 0.133 e. The molecule has 3 nitrogen and oxygen atoms in total. The number of nitrogen functional groups attached to an aromatic ring is 1. The molecular weight excluding hydrogens is 122 g/mol. The van der Waals surface area contributed by atoms with Gasteiger partial charge in [0.15, 0.2) is 0 Å². The Morgan fingerprint density at radius 3 is 2.88 bits per heavy atom. The summed E-state index contributed by atoms with van der Waals surface area (Å²) in [6.07, 6.45) is 3.59. The van der Waals surface area contributed by atoms with Crippen molar-refractivity contribution in [1.29, 1.82) is 0 Å². The molecule has 0 fully saturated rings. The minimum Gasteiger partial charge on any atom is -0.383 e. The fraction of sp³-hybridized carbons (Fsp3) is 0.250. The van der Waals surface area contributed by atoms with E-state index in [9.17, 15) is 0 Å². The van der Waals surface area contributed by atoms with Gasteiger partial charge in [0.1, 0.15) is 5.82 Å².